The smallest absolute Gasteiger partial charge is 0.270 e. The summed E-state index contributed by atoms with van der Waals surface area (Å²) in [4.78, 5) is 19.8. The third-order valence-corrected chi connectivity index (χ3v) is 5.21. The minimum absolute atomic E-state index is 0.0222. The predicted octanol–water partition coefficient (Wildman–Crippen LogP) is 4.68. The molecular weight excluding hydrogens is 335 g/mol. The average molecular weight is 352 g/mol. The van der Waals surface area contributed by atoms with Gasteiger partial charge >= 0.3 is 0 Å². The van der Waals surface area contributed by atoms with Crippen LogP contribution in [-0.2, 0) is 6.42 Å². The Kier molecular flexibility index (Phi) is 4.32. The van der Waals surface area contributed by atoms with Gasteiger partial charge < -0.3 is 4.90 Å². The number of benzene rings is 2. The number of thiazole rings is 1. The maximum Gasteiger partial charge on any atom is 0.270 e. The fourth-order valence-corrected chi connectivity index (χ4v) is 3.71. The molecule has 1 amide bonds. The van der Waals surface area contributed by atoms with Crippen molar-refractivity contribution in [3.05, 3.63) is 82.1 Å². The van der Waals surface area contributed by atoms with Gasteiger partial charge in [-0.3, -0.25) is 4.79 Å². The average Bonchev–Trinajstić information content (AvgIpc) is 3.35. The van der Waals surface area contributed by atoms with E-state index < -0.39 is 0 Å². The molecule has 0 aliphatic heterocycles. The summed E-state index contributed by atoms with van der Waals surface area (Å²) < 4.78 is 13.8. The van der Waals surface area contributed by atoms with Crippen LogP contribution in [0, 0.1) is 5.82 Å². The van der Waals surface area contributed by atoms with Gasteiger partial charge in [-0.2, -0.15) is 0 Å². The van der Waals surface area contributed by atoms with Crippen LogP contribution >= 0.6 is 11.3 Å². The van der Waals surface area contributed by atoms with Crippen molar-refractivity contribution in [1.29, 1.82) is 0 Å². The molecule has 5 heteroatoms. The van der Waals surface area contributed by atoms with Crippen molar-refractivity contribution in [2.45, 2.75) is 25.3 Å². The summed E-state index contributed by atoms with van der Waals surface area (Å²) >= 11 is 1.34. The summed E-state index contributed by atoms with van der Waals surface area (Å²) in [7, 11) is 0. The van der Waals surface area contributed by atoms with E-state index in [-0.39, 0.29) is 17.8 Å². The van der Waals surface area contributed by atoms with Crippen LogP contribution in [0.2, 0.25) is 0 Å². The number of nitrogens with zero attached hydrogens (tertiary/aromatic N) is 2. The van der Waals surface area contributed by atoms with Gasteiger partial charge in [-0.15, -0.1) is 11.3 Å². The molecule has 126 valence electrons. The van der Waals surface area contributed by atoms with Gasteiger partial charge in [0.15, 0.2) is 0 Å². The first-order valence-corrected chi connectivity index (χ1v) is 9.11. The van der Waals surface area contributed by atoms with Gasteiger partial charge in [0.1, 0.15) is 10.7 Å². The van der Waals surface area contributed by atoms with Crippen molar-refractivity contribution in [1.82, 2.24) is 4.98 Å². The first-order chi connectivity index (χ1) is 12.2. The van der Waals surface area contributed by atoms with E-state index in [9.17, 15) is 9.18 Å². The van der Waals surface area contributed by atoms with Gasteiger partial charge in [0.2, 0.25) is 0 Å². The molecule has 1 aliphatic carbocycles. The zero-order chi connectivity index (χ0) is 17.2. The molecule has 1 aromatic heterocycles. The molecule has 0 atom stereocenters. The van der Waals surface area contributed by atoms with Crippen LogP contribution in [0.5, 0.6) is 0 Å². The predicted molar refractivity (Wildman–Crippen MR) is 97.6 cm³/mol. The third kappa shape index (κ3) is 3.46. The number of amides is 1. The minimum atomic E-state index is -0.241. The molecular formula is C20H17FN2OS. The van der Waals surface area contributed by atoms with E-state index in [1.54, 1.807) is 18.3 Å². The molecule has 4 rings (SSSR count). The summed E-state index contributed by atoms with van der Waals surface area (Å²) in [6, 6.07) is 16.7. The molecule has 0 bridgehead atoms. The fourth-order valence-electron chi connectivity index (χ4n) is 2.83. The Balaban J connectivity index is 1.56. The number of aromatic nitrogens is 1. The van der Waals surface area contributed by atoms with Crippen LogP contribution in [0.3, 0.4) is 0 Å². The molecule has 0 unspecified atom stereocenters. The second kappa shape index (κ2) is 6.76. The Bertz CT molecular complexity index is 889. The molecule has 1 heterocycles. The van der Waals surface area contributed by atoms with E-state index >= 15 is 0 Å². The van der Waals surface area contributed by atoms with Crippen molar-refractivity contribution in [3.63, 3.8) is 0 Å². The molecule has 3 aromatic rings. The lowest BCUT2D eigenvalue weighted by molar-refractivity contribution is 0.0989. The van der Waals surface area contributed by atoms with Gasteiger partial charge in [0, 0.05) is 18.2 Å². The second-order valence-electron chi connectivity index (χ2n) is 6.13. The van der Waals surface area contributed by atoms with Gasteiger partial charge in [-0.05, 0) is 36.6 Å². The summed E-state index contributed by atoms with van der Waals surface area (Å²) in [5, 5.41) is 0.747. The number of carbonyl (C=O) groups excluding carboxylic acids is 1. The maximum atomic E-state index is 13.8. The van der Waals surface area contributed by atoms with Crippen LogP contribution in [0.15, 0.2) is 60.8 Å². The lowest BCUT2D eigenvalue weighted by atomic mass is 10.1. The minimum Gasteiger partial charge on any atom is -0.305 e. The molecule has 0 saturated heterocycles. The number of rotatable bonds is 5. The van der Waals surface area contributed by atoms with Crippen LogP contribution < -0.4 is 4.90 Å². The van der Waals surface area contributed by atoms with Crippen molar-refractivity contribution < 1.29 is 9.18 Å². The highest BCUT2D eigenvalue weighted by atomic mass is 32.1. The van der Waals surface area contributed by atoms with Crippen molar-refractivity contribution in [2.24, 2.45) is 0 Å². The Morgan fingerprint density at radius 2 is 1.84 bits per heavy atom. The zero-order valence-electron chi connectivity index (χ0n) is 13.6. The number of anilines is 1. The monoisotopic (exact) mass is 352 g/mol. The molecule has 25 heavy (non-hydrogen) atoms. The summed E-state index contributed by atoms with van der Waals surface area (Å²) in [6.45, 7) is 0. The SMILES string of the molecule is O=C(c1cnc(Cc2ccccc2F)s1)N(c1ccccc1)C1CC1. The van der Waals surface area contributed by atoms with Gasteiger partial charge in [-0.1, -0.05) is 36.4 Å². The summed E-state index contributed by atoms with van der Waals surface area (Å²) in [5.41, 5.74) is 1.51. The van der Waals surface area contributed by atoms with Crippen LogP contribution in [0.4, 0.5) is 10.1 Å². The summed E-state index contributed by atoms with van der Waals surface area (Å²) in [6.07, 6.45) is 4.07. The van der Waals surface area contributed by atoms with Gasteiger partial charge in [0.05, 0.1) is 11.2 Å². The number of hydrogen-bond donors (Lipinski definition) is 0. The zero-order valence-corrected chi connectivity index (χ0v) is 14.4. The first-order valence-electron chi connectivity index (χ1n) is 8.29. The molecule has 1 saturated carbocycles. The van der Waals surface area contributed by atoms with Gasteiger partial charge in [0.25, 0.3) is 5.91 Å². The maximum absolute atomic E-state index is 13.8. The number of para-hydroxylation sites is 1. The highest BCUT2D eigenvalue weighted by molar-refractivity contribution is 7.13. The third-order valence-electron chi connectivity index (χ3n) is 4.23. The lowest BCUT2D eigenvalue weighted by Crippen LogP contribution is -2.32. The molecule has 1 fully saturated rings. The Hall–Kier alpha value is -2.53. The quantitative estimate of drug-likeness (QED) is 0.668. The van der Waals surface area contributed by atoms with E-state index in [1.165, 1.54) is 17.4 Å². The molecule has 0 radical (unpaired) electrons. The molecule has 0 N–H and O–H groups in total. The normalized spacial score (nSPS) is 13.6. The first kappa shape index (κ1) is 16.0. The molecule has 1 aliphatic rings. The fraction of sp³-hybridized carbons (Fsp3) is 0.200. The highest BCUT2D eigenvalue weighted by Crippen LogP contribution is 2.34. The van der Waals surface area contributed by atoms with Crippen LogP contribution in [-0.4, -0.2) is 16.9 Å². The van der Waals surface area contributed by atoms with Crippen LogP contribution in [0.25, 0.3) is 0 Å². The Morgan fingerprint density at radius 3 is 2.56 bits per heavy atom. The summed E-state index contributed by atoms with van der Waals surface area (Å²) in [5.74, 6) is -0.263. The Morgan fingerprint density at radius 1 is 1.12 bits per heavy atom. The topological polar surface area (TPSA) is 33.2 Å². The van der Waals surface area contributed by atoms with E-state index in [1.807, 2.05) is 41.3 Å². The van der Waals surface area contributed by atoms with Crippen molar-refractivity contribution in [2.75, 3.05) is 4.90 Å². The van der Waals surface area contributed by atoms with E-state index in [4.69, 9.17) is 0 Å². The number of halogens is 1. The Labute approximate surface area is 149 Å². The largest absolute Gasteiger partial charge is 0.305 e. The van der Waals surface area contributed by atoms with Crippen LogP contribution in [0.1, 0.15) is 33.1 Å². The molecule has 3 nitrogen and oxygen atoms in total. The number of carbonyl (C=O) groups is 1. The number of hydrogen-bond acceptors (Lipinski definition) is 3. The standard InChI is InChI=1S/C20H17FN2OS/c21-17-9-5-4-6-14(17)12-19-22-13-18(25-19)20(24)23(16-10-11-16)15-7-2-1-3-8-15/h1-9,13,16H,10-12H2. The highest BCUT2D eigenvalue weighted by Gasteiger charge is 2.34. The van der Waals surface area contributed by atoms with Crippen molar-refractivity contribution in [3.8, 4) is 0 Å². The lowest BCUT2D eigenvalue weighted by Gasteiger charge is -2.21. The van der Waals surface area contributed by atoms with Gasteiger partial charge in [-0.25, -0.2) is 9.37 Å². The molecule has 2 aromatic carbocycles. The van der Waals surface area contributed by atoms with E-state index in [0.717, 1.165) is 23.5 Å². The van der Waals surface area contributed by atoms with E-state index in [2.05, 4.69) is 4.98 Å². The molecule has 0 spiro atoms. The van der Waals surface area contributed by atoms with E-state index in [0.29, 0.717) is 16.9 Å². The second-order valence-corrected chi connectivity index (χ2v) is 7.24. The van der Waals surface area contributed by atoms with Crippen molar-refractivity contribution >= 4 is 22.9 Å².